The number of halogens is 2. The van der Waals surface area contributed by atoms with Gasteiger partial charge in [0.05, 0.1) is 0 Å². The summed E-state index contributed by atoms with van der Waals surface area (Å²) in [6, 6.07) is 8.47. The smallest absolute Gasteiger partial charge is 0.0406 e. The molecule has 1 aliphatic rings. The van der Waals surface area contributed by atoms with Gasteiger partial charge >= 0.3 is 0 Å². The Morgan fingerprint density at radius 3 is 2.28 bits per heavy atom. The summed E-state index contributed by atoms with van der Waals surface area (Å²) in [5.74, 6) is 1.75. The summed E-state index contributed by atoms with van der Waals surface area (Å²) in [4.78, 5) is 0. The molecule has 0 spiro atoms. The zero-order valence-electron chi connectivity index (χ0n) is 10.9. The molecule has 0 aliphatic heterocycles. The van der Waals surface area contributed by atoms with Crippen LogP contribution in [-0.2, 0) is 0 Å². The van der Waals surface area contributed by atoms with Gasteiger partial charge in [0, 0.05) is 10.4 Å². The maximum atomic E-state index is 5.94. The molecule has 1 aromatic carbocycles. The van der Waals surface area contributed by atoms with Crippen LogP contribution in [0.5, 0.6) is 0 Å². The second-order valence-corrected chi connectivity index (χ2v) is 6.68. The third kappa shape index (κ3) is 4.28. The molecule has 0 N–H and O–H groups in total. The molecule has 18 heavy (non-hydrogen) atoms. The molecule has 2 rings (SSSR count). The van der Waals surface area contributed by atoms with Crippen LogP contribution >= 0.6 is 27.5 Å². The van der Waals surface area contributed by atoms with E-state index in [2.05, 4.69) is 28.1 Å². The Kier molecular flexibility index (Phi) is 6.04. The topological polar surface area (TPSA) is 0 Å². The van der Waals surface area contributed by atoms with E-state index in [1.165, 1.54) is 50.5 Å². The predicted molar refractivity (Wildman–Crippen MR) is 83.8 cm³/mol. The lowest BCUT2D eigenvalue weighted by Crippen LogP contribution is -2.13. The molecule has 1 saturated carbocycles. The van der Waals surface area contributed by atoms with E-state index in [1.54, 1.807) is 0 Å². The van der Waals surface area contributed by atoms with Crippen LogP contribution in [0.2, 0.25) is 5.02 Å². The van der Waals surface area contributed by atoms with E-state index < -0.39 is 0 Å². The van der Waals surface area contributed by atoms with Gasteiger partial charge in [-0.05, 0) is 61.6 Å². The average molecular weight is 330 g/mol. The summed E-state index contributed by atoms with van der Waals surface area (Å²) in [5, 5.41) is 2.01. The van der Waals surface area contributed by atoms with Gasteiger partial charge < -0.3 is 0 Å². The van der Waals surface area contributed by atoms with Crippen molar-refractivity contribution in [1.82, 2.24) is 0 Å². The Balaban J connectivity index is 1.77. The third-order valence-electron chi connectivity index (χ3n) is 4.18. The first kappa shape index (κ1) is 14.4. The molecule has 0 radical (unpaired) electrons. The van der Waals surface area contributed by atoms with Gasteiger partial charge in [0.15, 0.2) is 0 Å². The van der Waals surface area contributed by atoms with Crippen molar-refractivity contribution in [2.45, 2.75) is 50.9 Å². The van der Waals surface area contributed by atoms with Gasteiger partial charge in [-0.15, -0.1) is 0 Å². The number of benzene rings is 1. The van der Waals surface area contributed by atoms with Crippen LogP contribution in [0.3, 0.4) is 0 Å². The van der Waals surface area contributed by atoms with Crippen LogP contribution in [0, 0.1) is 5.92 Å². The fraction of sp³-hybridized carbons (Fsp3) is 0.625. The molecule has 1 aliphatic carbocycles. The van der Waals surface area contributed by atoms with Crippen molar-refractivity contribution in [3.8, 4) is 0 Å². The normalized spacial score (nSPS) is 24.1. The van der Waals surface area contributed by atoms with Crippen LogP contribution < -0.4 is 0 Å². The number of unbranched alkanes of at least 4 members (excludes halogenated alkanes) is 1. The number of hydrogen-bond donors (Lipinski definition) is 0. The lowest BCUT2D eigenvalue weighted by atomic mass is 9.77. The van der Waals surface area contributed by atoms with Crippen molar-refractivity contribution >= 4 is 27.5 Å². The molecule has 0 unspecified atom stereocenters. The first-order valence-corrected chi connectivity index (χ1v) is 8.61. The SMILES string of the molecule is Clc1ccc([C@H]2CC[C@H](CCCCBr)CC2)cc1. The molecule has 2 heteroatoms. The van der Waals surface area contributed by atoms with E-state index in [0.717, 1.165) is 22.2 Å². The zero-order chi connectivity index (χ0) is 12.8. The van der Waals surface area contributed by atoms with Crippen LogP contribution in [0.1, 0.15) is 56.4 Å². The molecule has 0 aromatic heterocycles. The van der Waals surface area contributed by atoms with Gasteiger partial charge in [0.2, 0.25) is 0 Å². The summed E-state index contributed by atoms with van der Waals surface area (Å²) in [7, 11) is 0. The van der Waals surface area contributed by atoms with E-state index in [-0.39, 0.29) is 0 Å². The largest absolute Gasteiger partial charge is 0.0928 e. The summed E-state index contributed by atoms with van der Waals surface area (Å²) in [6.07, 6.45) is 9.70. The van der Waals surface area contributed by atoms with Gasteiger partial charge in [-0.25, -0.2) is 0 Å². The molecule has 0 atom stereocenters. The Morgan fingerprint density at radius 1 is 1.00 bits per heavy atom. The summed E-state index contributed by atoms with van der Waals surface area (Å²) < 4.78 is 0. The molecular formula is C16H22BrCl. The Morgan fingerprint density at radius 2 is 1.67 bits per heavy atom. The van der Waals surface area contributed by atoms with Crippen molar-refractivity contribution in [3.05, 3.63) is 34.9 Å². The second-order valence-electron chi connectivity index (χ2n) is 5.45. The Bertz CT molecular complexity index is 339. The van der Waals surface area contributed by atoms with Crippen LogP contribution in [-0.4, -0.2) is 5.33 Å². The van der Waals surface area contributed by atoms with Crippen molar-refractivity contribution in [2.24, 2.45) is 5.92 Å². The van der Waals surface area contributed by atoms with Crippen molar-refractivity contribution in [1.29, 1.82) is 0 Å². The van der Waals surface area contributed by atoms with Crippen LogP contribution in [0.25, 0.3) is 0 Å². The Labute approximate surface area is 124 Å². The minimum absolute atomic E-state index is 0.773. The fourth-order valence-electron chi connectivity index (χ4n) is 3.05. The molecule has 0 saturated heterocycles. The fourth-order valence-corrected chi connectivity index (χ4v) is 3.57. The summed E-state index contributed by atoms with van der Waals surface area (Å²) in [5.41, 5.74) is 1.48. The molecule has 0 amide bonds. The van der Waals surface area contributed by atoms with Gasteiger partial charge in [-0.1, -0.05) is 52.5 Å². The van der Waals surface area contributed by atoms with Crippen molar-refractivity contribution in [2.75, 3.05) is 5.33 Å². The van der Waals surface area contributed by atoms with E-state index >= 15 is 0 Å². The number of hydrogen-bond acceptors (Lipinski definition) is 0. The molecule has 1 fully saturated rings. The minimum atomic E-state index is 0.773. The van der Waals surface area contributed by atoms with Crippen LogP contribution in [0.15, 0.2) is 24.3 Å². The lowest BCUT2D eigenvalue weighted by Gasteiger charge is -2.28. The van der Waals surface area contributed by atoms with Crippen LogP contribution in [0.4, 0.5) is 0 Å². The van der Waals surface area contributed by atoms with E-state index in [0.29, 0.717) is 0 Å². The molecule has 1 aromatic rings. The highest BCUT2D eigenvalue weighted by Gasteiger charge is 2.21. The van der Waals surface area contributed by atoms with Crippen molar-refractivity contribution < 1.29 is 0 Å². The molecular weight excluding hydrogens is 308 g/mol. The van der Waals surface area contributed by atoms with Gasteiger partial charge in [0.1, 0.15) is 0 Å². The molecule has 0 bridgehead atoms. The number of alkyl halides is 1. The quantitative estimate of drug-likeness (QED) is 0.447. The average Bonchev–Trinajstić information content (AvgIpc) is 2.41. The van der Waals surface area contributed by atoms with E-state index in [4.69, 9.17) is 11.6 Å². The predicted octanol–water partition coefficient (Wildman–Crippen LogP) is 6.18. The summed E-state index contributed by atoms with van der Waals surface area (Å²) in [6.45, 7) is 0. The molecule has 100 valence electrons. The molecule has 0 nitrogen and oxygen atoms in total. The van der Waals surface area contributed by atoms with Gasteiger partial charge in [-0.2, -0.15) is 0 Å². The van der Waals surface area contributed by atoms with E-state index in [9.17, 15) is 0 Å². The highest BCUT2D eigenvalue weighted by atomic mass is 79.9. The second kappa shape index (κ2) is 7.55. The van der Waals surface area contributed by atoms with Gasteiger partial charge in [0.25, 0.3) is 0 Å². The zero-order valence-corrected chi connectivity index (χ0v) is 13.2. The minimum Gasteiger partial charge on any atom is -0.0928 e. The first-order chi connectivity index (χ1) is 8.79. The number of rotatable bonds is 5. The van der Waals surface area contributed by atoms with Gasteiger partial charge in [-0.3, -0.25) is 0 Å². The van der Waals surface area contributed by atoms with E-state index in [1.807, 2.05) is 12.1 Å². The third-order valence-corrected chi connectivity index (χ3v) is 5.00. The maximum absolute atomic E-state index is 5.94. The maximum Gasteiger partial charge on any atom is 0.0406 e. The monoisotopic (exact) mass is 328 g/mol. The lowest BCUT2D eigenvalue weighted by molar-refractivity contribution is 0.304. The molecule has 0 heterocycles. The summed E-state index contributed by atoms with van der Waals surface area (Å²) >= 11 is 9.45. The first-order valence-electron chi connectivity index (χ1n) is 7.11. The van der Waals surface area contributed by atoms with Crippen molar-refractivity contribution in [3.63, 3.8) is 0 Å². The standard InChI is InChI=1S/C16H22BrCl/c17-12-2-1-3-13-4-6-14(7-5-13)15-8-10-16(18)11-9-15/h8-11,13-14H,1-7,12H2/t13-,14-. The highest BCUT2D eigenvalue weighted by molar-refractivity contribution is 9.09. The Hall–Kier alpha value is -0.0100. The highest BCUT2D eigenvalue weighted by Crippen LogP contribution is 2.37.